The molecule has 0 unspecified atom stereocenters. The topological polar surface area (TPSA) is 98.0 Å². The summed E-state index contributed by atoms with van der Waals surface area (Å²) in [6, 6.07) is 14.2. The molecule has 3 aromatic carbocycles. The Labute approximate surface area is 162 Å². The molecule has 0 spiro atoms. The number of nitrogens with one attached hydrogen (secondary N) is 1. The number of carbonyl (C=O) groups excluding carboxylic acids is 1. The average molecular weight is 424 g/mol. The number of amides is 1. The van der Waals surface area contributed by atoms with Crippen molar-refractivity contribution in [2.24, 2.45) is 10.2 Å². The normalized spacial score (nSPS) is 11.6. The lowest BCUT2D eigenvalue weighted by Gasteiger charge is -2.03. The Balaban J connectivity index is 1.77. The summed E-state index contributed by atoms with van der Waals surface area (Å²) in [5.41, 5.74) is 1.83. The molecule has 1 amide bonds. The van der Waals surface area contributed by atoms with Gasteiger partial charge in [-0.1, -0.05) is 30.3 Å². The van der Waals surface area contributed by atoms with E-state index in [1.54, 1.807) is 6.07 Å². The Morgan fingerprint density at radius 3 is 2.52 bits per heavy atom. The summed E-state index contributed by atoms with van der Waals surface area (Å²) in [5, 5.41) is 30.2. The number of carbonyl (C=O) groups is 1. The second-order valence-electron chi connectivity index (χ2n) is 6.16. The number of halogens is 1. The molecule has 0 aliphatic rings. The van der Waals surface area contributed by atoms with Crippen molar-refractivity contribution in [2.75, 3.05) is 0 Å². The number of hydrogen-bond acceptors (Lipinski definition) is 4. The first-order chi connectivity index (χ1) is 13.0. The monoisotopic (exact) mass is 423 g/mol. The molecule has 4 rings (SSSR count). The van der Waals surface area contributed by atoms with Crippen LogP contribution in [0.5, 0.6) is 11.6 Å². The van der Waals surface area contributed by atoms with Crippen molar-refractivity contribution in [3.05, 3.63) is 64.1 Å². The minimum absolute atomic E-state index is 0.0482. The second kappa shape index (κ2) is 6.51. The van der Waals surface area contributed by atoms with Crippen LogP contribution < -0.4 is 0 Å². The summed E-state index contributed by atoms with van der Waals surface area (Å²) in [6.45, 7) is 1.91. The number of aromatic hydroxyl groups is 2. The first kappa shape index (κ1) is 17.2. The lowest BCUT2D eigenvalue weighted by atomic mass is 10.1. The minimum Gasteiger partial charge on any atom is -0.507 e. The molecule has 3 N–H and O–H groups in total. The van der Waals surface area contributed by atoms with Gasteiger partial charge in [0.25, 0.3) is 5.91 Å². The van der Waals surface area contributed by atoms with Gasteiger partial charge in [-0.2, -0.15) is 0 Å². The van der Waals surface area contributed by atoms with Crippen LogP contribution in [0.1, 0.15) is 15.9 Å². The van der Waals surface area contributed by atoms with Gasteiger partial charge < -0.3 is 15.2 Å². The molecular weight excluding hydrogens is 410 g/mol. The Morgan fingerprint density at radius 1 is 1.07 bits per heavy atom. The van der Waals surface area contributed by atoms with Gasteiger partial charge >= 0.3 is 0 Å². The van der Waals surface area contributed by atoms with Crippen LogP contribution in [-0.4, -0.2) is 21.1 Å². The molecule has 0 aliphatic carbocycles. The van der Waals surface area contributed by atoms with Crippen LogP contribution in [0.25, 0.3) is 21.7 Å². The smallest absolute Gasteiger partial charge is 0.299 e. The summed E-state index contributed by atoms with van der Waals surface area (Å²) in [7, 11) is 0. The van der Waals surface area contributed by atoms with Crippen LogP contribution in [0.15, 0.2) is 63.2 Å². The third kappa shape index (κ3) is 2.96. The third-order valence-corrected chi connectivity index (χ3v) is 5.41. The van der Waals surface area contributed by atoms with Gasteiger partial charge in [0.1, 0.15) is 5.75 Å². The fourth-order valence-corrected chi connectivity index (χ4v) is 3.50. The molecule has 7 heteroatoms. The van der Waals surface area contributed by atoms with Gasteiger partial charge in [0.2, 0.25) is 5.88 Å². The number of azo groups is 1. The van der Waals surface area contributed by atoms with Crippen molar-refractivity contribution < 1.29 is 15.0 Å². The molecule has 0 saturated carbocycles. The van der Waals surface area contributed by atoms with Gasteiger partial charge in [0.05, 0.1) is 11.1 Å². The number of aromatic amines is 1. The molecular formula is C20H14BrN3O3. The van der Waals surface area contributed by atoms with Crippen LogP contribution in [0.4, 0.5) is 5.69 Å². The van der Waals surface area contributed by atoms with E-state index in [-0.39, 0.29) is 22.9 Å². The van der Waals surface area contributed by atoms with Crippen LogP contribution in [0.3, 0.4) is 0 Å². The fourth-order valence-electron chi connectivity index (χ4n) is 2.97. The van der Waals surface area contributed by atoms with Crippen LogP contribution in [-0.2, 0) is 0 Å². The number of phenolic OH excluding ortho intramolecular Hbond substituents is 1. The quantitative estimate of drug-likeness (QED) is 0.359. The number of aryl methyl sites for hydroxylation is 1. The number of aromatic nitrogens is 1. The molecule has 0 bridgehead atoms. The summed E-state index contributed by atoms with van der Waals surface area (Å²) in [6.07, 6.45) is 0. The predicted octanol–water partition coefficient (Wildman–Crippen LogP) is 5.73. The van der Waals surface area contributed by atoms with Crippen molar-refractivity contribution in [2.45, 2.75) is 6.92 Å². The molecule has 0 fully saturated rings. The van der Waals surface area contributed by atoms with E-state index >= 15 is 0 Å². The standard InChI is InChI=1S/C20H14BrN3O3/c1-10-6-7-14-16(17(10)21)18(20(27)22-14)23-24-19(26)13-8-11-4-2-3-5-12(11)9-15(13)25/h2-9,22,25,27H,1H3. The van der Waals surface area contributed by atoms with E-state index in [2.05, 4.69) is 31.1 Å². The van der Waals surface area contributed by atoms with Gasteiger partial charge in [-0.05, 0) is 57.4 Å². The van der Waals surface area contributed by atoms with Gasteiger partial charge in [-0.15, -0.1) is 10.2 Å². The summed E-state index contributed by atoms with van der Waals surface area (Å²) in [4.78, 5) is 15.3. The number of H-pyrrole nitrogens is 1. The number of rotatable bonds is 2. The van der Waals surface area contributed by atoms with Gasteiger partial charge in [-0.3, -0.25) is 4.79 Å². The Hall–Kier alpha value is -3.19. The molecule has 1 aromatic heterocycles. The van der Waals surface area contributed by atoms with Crippen molar-refractivity contribution in [3.8, 4) is 11.6 Å². The summed E-state index contributed by atoms with van der Waals surface area (Å²) < 4.78 is 0.756. The van der Waals surface area contributed by atoms with E-state index in [4.69, 9.17) is 0 Å². The van der Waals surface area contributed by atoms with Crippen LogP contribution in [0.2, 0.25) is 0 Å². The lowest BCUT2D eigenvalue weighted by Crippen LogP contribution is -1.94. The zero-order valence-corrected chi connectivity index (χ0v) is 15.8. The maximum atomic E-state index is 12.5. The summed E-state index contributed by atoms with van der Waals surface area (Å²) in [5.74, 6) is -1.05. The number of benzene rings is 3. The van der Waals surface area contributed by atoms with E-state index in [0.29, 0.717) is 10.9 Å². The largest absolute Gasteiger partial charge is 0.507 e. The second-order valence-corrected chi connectivity index (χ2v) is 6.96. The number of nitrogens with zero attached hydrogens (tertiary/aromatic N) is 2. The van der Waals surface area contributed by atoms with E-state index in [1.165, 1.54) is 6.07 Å². The first-order valence-corrected chi connectivity index (χ1v) is 8.92. The van der Waals surface area contributed by atoms with E-state index < -0.39 is 5.91 Å². The van der Waals surface area contributed by atoms with Crippen molar-refractivity contribution in [1.29, 1.82) is 0 Å². The third-order valence-electron chi connectivity index (χ3n) is 4.38. The predicted molar refractivity (Wildman–Crippen MR) is 107 cm³/mol. The van der Waals surface area contributed by atoms with Crippen LogP contribution >= 0.6 is 15.9 Å². The van der Waals surface area contributed by atoms with Gasteiger partial charge in [0, 0.05) is 9.86 Å². The Bertz CT molecular complexity index is 1240. The molecule has 0 atom stereocenters. The molecule has 134 valence electrons. The highest BCUT2D eigenvalue weighted by atomic mass is 79.9. The fraction of sp³-hybridized carbons (Fsp3) is 0.0500. The Morgan fingerprint density at radius 2 is 1.78 bits per heavy atom. The highest BCUT2D eigenvalue weighted by Gasteiger charge is 2.17. The van der Waals surface area contributed by atoms with Crippen molar-refractivity contribution in [1.82, 2.24) is 4.98 Å². The van der Waals surface area contributed by atoms with Crippen molar-refractivity contribution >= 4 is 49.2 Å². The zero-order chi connectivity index (χ0) is 19.1. The molecule has 1 heterocycles. The average Bonchev–Trinajstić information content (AvgIpc) is 2.98. The van der Waals surface area contributed by atoms with E-state index in [1.807, 2.05) is 43.3 Å². The minimum atomic E-state index is -0.698. The number of fused-ring (bicyclic) bond motifs is 2. The maximum absolute atomic E-state index is 12.5. The summed E-state index contributed by atoms with van der Waals surface area (Å²) >= 11 is 3.48. The molecule has 4 aromatic rings. The van der Waals surface area contributed by atoms with Crippen LogP contribution in [0, 0.1) is 6.92 Å². The zero-order valence-electron chi connectivity index (χ0n) is 14.2. The SMILES string of the molecule is Cc1ccc2[nH]c(O)c(N=NC(=O)c3cc4ccccc4cc3O)c2c1Br. The van der Waals surface area contributed by atoms with Crippen molar-refractivity contribution in [3.63, 3.8) is 0 Å². The molecule has 0 saturated heterocycles. The van der Waals surface area contributed by atoms with E-state index in [0.717, 1.165) is 20.8 Å². The highest BCUT2D eigenvalue weighted by Crippen LogP contribution is 2.41. The van der Waals surface area contributed by atoms with Gasteiger partial charge in [0.15, 0.2) is 5.69 Å². The molecule has 0 radical (unpaired) electrons. The first-order valence-electron chi connectivity index (χ1n) is 8.13. The maximum Gasteiger partial charge on any atom is 0.299 e. The highest BCUT2D eigenvalue weighted by molar-refractivity contribution is 9.10. The van der Waals surface area contributed by atoms with Gasteiger partial charge in [-0.25, -0.2) is 0 Å². The Kier molecular flexibility index (Phi) is 4.16. The number of hydrogen-bond donors (Lipinski definition) is 3. The molecule has 6 nitrogen and oxygen atoms in total. The van der Waals surface area contributed by atoms with E-state index in [9.17, 15) is 15.0 Å². The number of phenols is 1. The molecule has 27 heavy (non-hydrogen) atoms. The lowest BCUT2D eigenvalue weighted by molar-refractivity contribution is 0.0992. The molecule has 0 aliphatic heterocycles.